The lowest BCUT2D eigenvalue weighted by molar-refractivity contribution is -0.143. The summed E-state index contributed by atoms with van der Waals surface area (Å²) in [7, 11) is 0. The molecule has 2 aromatic rings. The fraction of sp³-hybridized carbons (Fsp3) is 0.263. The van der Waals surface area contributed by atoms with E-state index in [4.69, 9.17) is 9.52 Å². The number of hydrogen-bond acceptors (Lipinski definition) is 5. The Morgan fingerprint density at radius 1 is 1.18 bits per heavy atom. The van der Waals surface area contributed by atoms with Gasteiger partial charge in [-0.25, -0.2) is 9.29 Å². The molecule has 1 aromatic carbocycles. The molecule has 1 N–H and O–H groups in total. The number of carboxylic acids is 1. The van der Waals surface area contributed by atoms with Crippen LogP contribution in [0.3, 0.4) is 0 Å². The van der Waals surface area contributed by atoms with E-state index in [0.29, 0.717) is 5.76 Å². The predicted octanol–water partition coefficient (Wildman–Crippen LogP) is 1.94. The van der Waals surface area contributed by atoms with Crippen LogP contribution >= 0.6 is 0 Å². The zero-order valence-corrected chi connectivity index (χ0v) is 14.7. The van der Waals surface area contributed by atoms with Gasteiger partial charge in [0.2, 0.25) is 11.8 Å². The van der Waals surface area contributed by atoms with Gasteiger partial charge in [0.1, 0.15) is 17.6 Å². The van der Waals surface area contributed by atoms with Crippen LogP contribution in [0.4, 0.5) is 10.1 Å². The highest BCUT2D eigenvalue weighted by molar-refractivity contribution is 6.23. The Hall–Kier alpha value is -3.49. The van der Waals surface area contributed by atoms with Crippen LogP contribution in [-0.4, -0.2) is 39.7 Å². The van der Waals surface area contributed by atoms with Crippen molar-refractivity contribution >= 4 is 29.4 Å². The molecule has 0 radical (unpaired) electrons. The monoisotopic (exact) mass is 388 g/mol. The van der Waals surface area contributed by atoms with Gasteiger partial charge in [-0.15, -0.1) is 0 Å². The summed E-state index contributed by atoms with van der Waals surface area (Å²) >= 11 is 0. The molecule has 3 amide bonds. The van der Waals surface area contributed by atoms with E-state index in [1.807, 2.05) is 0 Å². The van der Waals surface area contributed by atoms with E-state index in [1.165, 1.54) is 18.4 Å². The summed E-state index contributed by atoms with van der Waals surface area (Å²) in [6.07, 6.45) is 0.436. The first kappa shape index (κ1) is 19.3. The van der Waals surface area contributed by atoms with Gasteiger partial charge in [-0.05, 0) is 36.4 Å². The van der Waals surface area contributed by atoms with Gasteiger partial charge >= 0.3 is 5.97 Å². The third kappa shape index (κ3) is 4.08. The Morgan fingerprint density at radius 2 is 1.89 bits per heavy atom. The van der Waals surface area contributed by atoms with E-state index in [0.717, 1.165) is 21.9 Å². The molecule has 1 atom stereocenters. The van der Waals surface area contributed by atoms with Gasteiger partial charge in [-0.2, -0.15) is 0 Å². The Kier molecular flexibility index (Phi) is 5.53. The van der Waals surface area contributed by atoms with E-state index in [-0.39, 0.29) is 25.1 Å². The average molecular weight is 388 g/mol. The smallest absolute Gasteiger partial charge is 0.303 e. The molecule has 1 fully saturated rings. The quantitative estimate of drug-likeness (QED) is 0.727. The van der Waals surface area contributed by atoms with Gasteiger partial charge in [-0.3, -0.25) is 19.2 Å². The minimum atomic E-state index is -1.15. The molecule has 28 heavy (non-hydrogen) atoms. The van der Waals surface area contributed by atoms with Gasteiger partial charge in [0.25, 0.3) is 5.91 Å². The average Bonchev–Trinajstić information content (AvgIpc) is 3.26. The SMILES string of the molecule is O=C(O)CCC(=O)N(Cc1ccco1)C1CC(=O)N(c2ccc(F)cc2)C1=O. The lowest BCUT2D eigenvalue weighted by Gasteiger charge is -2.26. The normalized spacial score (nSPS) is 16.5. The number of rotatable bonds is 7. The highest BCUT2D eigenvalue weighted by Gasteiger charge is 2.44. The molecular weight excluding hydrogens is 371 g/mol. The zero-order valence-electron chi connectivity index (χ0n) is 14.7. The van der Waals surface area contributed by atoms with Gasteiger partial charge in [0.05, 0.1) is 31.3 Å². The molecule has 1 aromatic heterocycles. The van der Waals surface area contributed by atoms with Crippen molar-refractivity contribution < 1.29 is 33.1 Å². The largest absolute Gasteiger partial charge is 0.481 e. The number of aliphatic carboxylic acids is 1. The molecule has 8 nitrogen and oxygen atoms in total. The van der Waals surface area contributed by atoms with E-state index in [1.54, 1.807) is 12.1 Å². The second-order valence-corrected chi connectivity index (χ2v) is 6.26. The molecule has 1 aliphatic rings. The van der Waals surface area contributed by atoms with Crippen LogP contribution < -0.4 is 4.90 Å². The topological polar surface area (TPSA) is 108 Å². The summed E-state index contributed by atoms with van der Waals surface area (Å²) in [4.78, 5) is 50.8. The third-order valence-electron chi connectivity index (χ3n) is 4.36. The van der Waals surface area contributed by atoms with Crippen LogP contribution in [0.1, 0.15) is 25.0 Å². The highest BCUT2D eigenvalue weighted by Crippen LogP contribution is 2.27. The summed E-state index contributed by atoms with van der Waals surface area (Å²) in [6.45, 7) is -0.0770. The van der Waals surface area contributed by atoms with Crippen molar-refractivity contribution in [2.45, 2.75) is 31.8 Å². The molecule has 0 aliphatic carbocycles. The molecule has 9 heteroatoms. The summed E-state index contributed by atoms with van der Waals surface area (Å²) in [5, 5.41) is 8.82. The van der Waals surface area contributed by atoms with Crippen molar-refractivity contribution in [1.82, 2.24) is 4.90 Å². The summed E-state index contributed by atoms with van der Waals surface area (Å²) in [5.41, 5.74) is 0.204. The lowest BCUT2D eigenvalue weighted by atomic mass is 10.1. The first-order valence-electron chi connectivity index (χ1n) is 8.53. The molecule has 0 saturated carbocycles. The summed E-state index contributed by atoms with van der Waals surface area (Å²) < 4.78 is 18.4. The van der Waals surface area contributed by atoms with Gasteiger partial charge in [0.15, 0.2) is 0 Å². The lowest BCUT2D eigenvalue weighted by Crippen LogP contribution is -2.45. The molecular formula is C19H17FN2O6. The zero-order chi connectivity index (χ0) is 20.3. The van der Waals surface area contributed by atoms with Crippen molar-refractivity contribution in [3.8, 4) is 0 Å². The standard InChI is InChI=1S/C19H17FN2O6/c20-12-3-5-13(6-4-12)22-17(24)10-15(19(22)27)21(11-14-2-1-9-28-14)16(23)7-8-18(25)26/h1-6,9,15H,7-8,10-11H2,(H,25,26). The molecule has 0 bridgehead atoms. The molecule has 0 spiro atoms. The highest BCUT2D eigenvalue weighted by atomic mass is 19.1. The molecule has 1 saturated heterocycles. The Labute approximate surface area is 159 Å². The van der Waals surface area contributed by atoms with E-state index in [9.17, 15) is 23.6 Å². The maximum atomic E-state index is 13.1. The molecule has 1 unspecified atom stereocenters. The van der Waals surface area contributed by atoms with E-state index < -0.39 is 42.0 Å². The van der Waals surface area contributed by atoms with Crippen LogP contribution in [0, 0.1) is 5.82 Å². The van der Waals surface area contributed by atoms with Gasteiger partial charge in [0, 0.05) is 6.42 Å². The Bertz CT molecular complexity index is 894. The number of carbonyl (C=O) groups excluding carboxylic acids is 3. The second kappa shape index (κ2) is 8.03. The predicted molar refractivity (Wildman–Crippen MR) is 93.4 cm³/mol. The maximum Gasteiger partial charge on any atom is 0.303 e. The molecule has 2 heterocycles. The number of anilines is 1. The Balaban J connectivity index is 1.85. The van der Waals surface area contributed by atoms with Crippen molar-refractivity contribution in [3.05, 3.63) is 54.2 Å². The van der Waals surface area contributed by atoms with Crippen molar-refractivity contribution in [1.29, 1.82) is 0 Å². The van der Waals surface area contributed by atoms with Crippen LogP contribution in [0.2, 0.25) is 0 Å². The van der Waals surface area contributed by atoms with E-state index in [2.05, 4.69) is 0 Å². The first-order chi connectivity index (χ1) is 13.4. The van der Waals surface area contributed by atoms with Crippen molar-refractivity contribution in [2.24, 2.45) is 0 Å². The number of furan rings is 1. The minimum absolute atomic E-state index is 0.0770. The van der Waals surface area contributed by atoms with Gasteiger partial charge in [-0.1, -0.05) is 0 Å². The summed E-state index contributed by atoms with van der Waals surface area (Å²) in [6, 6.07) is 6.98. The number of carbonyl (C=O) groups is 4. The third-order valence-corrected chi connectivity index (χ3v) is 4.36. The van der Waals surface area contributed by atoms with E-state index >= 15 is 0 Å². The van der Waals surface area contributed by atoms with Crippen LogP contribution in [-0.2, 0) is 25.7 Å². The number of nitrogens with zero attached hydrogens (tertiary/aromatic N) is 2. The van der Waals surface area contributed by atoms with Crippen LogP contribution in [0.15, 0.2) is 47.1 Å². The number of hydrogen-bond donors (Lipinski definition) is 1. The number of imide groups is 1. The molecule has 146 valence electrons. The maximum absolute atomic E-state index is 13.1. The fourth-order valence-electron chi connectivity index (χ4n) is 3.02. The molecule has 1 aliphatic heterocycles. The number of amides is 3. The van der Waals surface area contributed by atoms with Crippen molar-refractivity contribution in [3.63, 3.8) is 0 Å². The summed E-state index contributed by atoms with van der Waals surface area (Å²) in [5.74, 6) is -3.00. The minimum Gasteiger partial charge on any atom is -0.481 e. The van der Waals surface area contributed by atoms with Crippen molar-refractivity contribution in [2.75, 3.05) is 4.90 Å². The second-order valence-electron chi connectivity index (χ2n) is 6.26. The fourth-order valence-corrected chi connectivity index (χ4v) is 3.02. The van der Waals surface area contributed by atoms with Crippen LogP contribution in [0.5, 0.6) is 0 Å². The first-order valence-corrected chi connectivity index (χ1v) is 8.53. The Morgan fingerprint density at radius 3 is 2.50 bits per heavy atom. The number of benzene rings is 1. The van der Waals surface area contributed by atoms with Crippen LogP contribution in [0.25, 0.3) is 0 Å². The number of halogens is 1. The van der Waals surface area contributed by atoms with Gasteiger partial charge < -0.3 is 14.4 Å². The molecule has 3 rings (SSSR count). The number of carboxylic acid groups (broad SMARTS) is 1.